The summed E-state index contributed by atoms with van der Waals surface area (Å²) in [5.74, 6) is -0.481. The smallest absolute Gasteiger partial charge is 0.316 e. The average Bonchev–Trinajstić information content (AvgIpc) is 1.38. The second-order valence-corrected chi connectivity index (χ2v) is 0.606. The highest BCUT2D eigenvalue weighted by Crippen LogP contribution is 1.48. The summed E-state index contributed by atoms with van der Waals surface area (Å²) in [4.78, 5) is 9.47. The van der Waals surface area contributed by atoms with E-state index in [-0.39, 0.29) is 23.1 Å². The third-order valence-corrected chi connectivity index (χ3v) is 0.201. The van der Waals surface area contributed by atoms with Gasteiger partial charge in [0.15, 0.2) is 0 Å². The van der Waals surface area contributed by atoms with Gasteiger partial charge in [0.05, 0.1) is 0 Å². The van der Waals surface area contributed by atoms with E-state index in [1.807, 2.05) is 0 Å². The monoisotopic (exact) mass is 97.0 g/mol. The summed E-state index contributed by atoms with van der Waals surface area (Å²) in [6.45, 7) is 3.09. The SMILES string of the molecule is C=CC(N)=O.[MgH2]. The number of rotatable bonds is 1. The Balaban J connectivity index is 0. The van der Waals surface area contributed by atoms with Gasteiger partial charge in [-0.05, 0) is 6.08 Å². The molecule has 0 aromatic rings. The standard InChI is InChI=1S/C3H5NO.Mg.2H/c1-2-3(4)5;;;/h2H,1H2,(H2,4,5);;;. The average molecular weight is 97.4 g/mol. The number of primary amides is 1. The Hall–Kier alpha value is -0.0238. The molecule has 0 aromatic heterocycles. The van der Waals surface area contributed by atoms with Gasteiger partial charge in [0.1, 0.15) is 0 Å². The lowest BCUT2D eigenvalue weighted by Gasteiger charge is -1.65. The highest BCUT2D eigenvalue weighted by Gasteiger charge is 1.69. The van der Waals surface area contributed by atoms with Gasteiger partial charge in [-0.2, -0.15) is 0 Å². The summed E-state index contributed by atoms with van der Waals surface area (Å²) < 4.78 is 0. The van der Waals surface area contributed by atoms with Crippen molar-refractivity contribution in [2.45, 2.75) is 0 Å². The van der Waals surface area contributed by atoms with Gasteiger partial charge in [-0.1, -0.05) is 6.58 Å². The predicted octanol–water partition coefficient (Wildman–Crippen LogP) is -1.26. The van der Waals surface area contributed by atoms with Gasteiger partial charge < -0.3 is 5.73 Å². The third-order valence-electron chi connectivity index (χ3n) is 0.201. The summed E-state index contributed by atoms with van der Waals surface area (Å²) in [6.07, 6.45) is 1.06. The number of carbonyl (C=O) groups is 1. The molecule has 0 bridgehead atoms. The first-order valence-corrected chi connectivity index (χ1v) is 1.19. The molecule has 0 heterocycles. The Morgan fingerprint density at radius 2 is 2.00 bits per heavy atom. The van der Waals surface area contributed by atoms with Gasteiger partial charge in [0.25, 0.3) is 0 Å². The normalized spacial score (nSPS) is 5.33. The number of amides is 1. The van der Waals surface area contributed by atoms with Crippen LogP contribution in [0, 0.1) is 0 Å². The molecular formula is C3H7MgNO. The fourth-order valence-electron chi connectivity index (χ4n) is 0. The van der Waals surface area contributed by atoms with Crippen molar-refractivity contribution in [2.75, 3.05) is 0 Å². The Bertz CT molecular complexity index is 61.8. The van der Waals surface area contributed by atoms with Gasteiger partial charge in [0.2, 0.25) is 5.91 Å². The predicted molar refractivity (Wildman–Crippen MR) is 27.9 cm³/mol. The quantitative estimate of drug-likeness (QED) is 0.322. The molecule has 2 nitrogen and oxygen atoms in total. The Labute approximate surface area is 52.6 Å². The minimum absolute atomic E-state index is 0. The molecule has 32 valence electrons. The highest BCUT2D eigenvalue weighted by molar-refractivity contribution is 5.84. The molecular weight excluding hydrogens is 90.3 g/mol. The highest BCUT2D eigenvalue weighted by atomic mass is 24.3. The van der Waals surface area contributed by atoms with Crippen LogP contribution in [0.3, 0.4) is 0 Å². The number of hydrogen-bond donors (Lipinski definition) is 1. The summed E-state index contributed by atoms with van der Waals surface area (Å²) in [5.41, 5.74) is 4.53. The van der Waals surface area contributed by atoms with Crippen LogP contribution in [0.25, 0.3) is 0 Å². The van der Waals surface area contributed by atoms with E-state index in [1.165, 1.54) is 0 Å². The third kappa shape index (κ3) is 9.02. The van der Waals surface area contributed by atoms with Crippen LogP contribution < -0.4 is 5.73 Å². The second kappa shape index (κ2) is 4.98. The van der Waals surface area contributed by atoms with E-state index in [0.29, 0.717) is 0 Å². The van der Waals surface area contributed by atoms with Crippen molar-refractivity contribution in [3.8, 4) is 0 Å². The first-order valence-electron chi connectivity index (χ1n) is 1.19. The van der Waals surface area contributed by atoms with Gasteiger partial charge in [-0.15, -0.1) is 0 Å². The molecule has 1 amide bonds. The molecule has 0 radical (unpaired) electrons. The van der Waals surface area contributed by atoms with Crippen molar-refractivity contribution in [2.24, 2.45) is 5.73 Å². The maximum Gasteiger partial charge on any atom is 0.316 e. The summed E-state index contributed by atoms with van der Waals surface area (Å²) in [7, 11) is 0. The van der Waals surface area contributed by atoms with E-state index >= 15 is 0 Å². The molecule has 2 N–H and O–H groups in total. The van der Waals surface area contributed by atoms with E-state index in [2.05, 4.69) is 12.3 Å². The first-order chi connectivity index (χ1) is 2.27. The second-order valence-electron chi connectivity index (χ2n) is 0.606. The van der Waals surface area contributed by atoms with E-state index in [9.17, 15) is 4.79 Å². The lowest BCUT2D eigenvalue weighted by molar-refractivity contribution is -0.113. The fourth-order valence-corrected chi connectivity index (χ4v) is 0. The van der Waals surface area contributed by atoms with Crippen LogP contribution in [-0.4, -0.2) is 29.0 Å². The van der Waals surface area contributed by atoms with E-state index in [4.69, 9.17) is 0 Å². The molecule has 0 fully saturated rings. The number of nitrogens with two attached hydrogens (primary N) is 1. The van der Waals surface area contributed by atoms with Crippen molar-refractivity contribution in [1.82, 2.24) is 0 Å². The van der Waals surface area contributed by atoms with Gasteiger partial charge in [0, 0.05) is 0 Å². The van der Waals surface area contributed by atoms with Crippen molar-refractivity contribution in [1.29, 1.82) is 0 Å². The van der Waals surface area contributed by atoms with Crippen molar-refractivity contribution in [3.05, 3.63) is 12.7 Å². The molecule has 0 aliphatic heterocycles. The topological polar surface area (TPSA) is 43.1 Å². The van der Waals surface area contributed by atoms with Crippen LogP contribution in [0.1, 0.15) is 0 Å². The maximum absolute atomic E-state index is 9.47. The van der Waals surface area contributed by atoms with Crippen molar-refractivity contribution < 1.29 is 4.79 Å². The number of hydrogen-bond acceptors (Lipinski definition) is 1. The molecule has 0 saturated carbocycles. The van der Waals surface area contributed by atoms with Crippen LogP contribution in [-0.2, 0) is 4.79 Å². The first kappa shape index (κ1) is 9.36. The van der Waals surface area contributed by atoms with Crippen LogP contribution in [0.4, 0.5) is 0 Å². The Morgan fingerprint density at radius 1 is 1.83 bits per heavy atom. The van der Waals surface area contributed by atoms with Gasteiger partial charge >= 0.3 is 23.1 Å². The lowest BCUT2D eigenvalue weighted by atomic mass is 10.6. The summed E-state index contributed by atoms with van der Waals surface area (Å²) in [6, 6.07) is 0. The molecule has 0 aromatic carbocycles. The molecule has 0 aliphatic rings. The van der Waals surface area contributed by atoms with Crippen molar-refractivity contribution >= 4 is 29.0 Å². The van der Waals surface area contributed by atoms with Crippen LogP contribution in [0.5, 0.6) is 0 Å². The molecule has 0 aliphatic carbocycles. The number of carbonyl (C=O) groups excluding carboxylic acids is 1. The van der Waals surface area contributed by atoms with E-state index < -0.39 is 5.91 Å². The molecule has 6 heavy (non-hydrogen) atoms. The Morgan fingerprint density at radius 3 is 2.00 bits per heavy atom. The molecule has 0 unspecified atom stereocenters. The zero-order chi connectivity index (χ0) is 4.28. The lowest BCUT2D eigenvalue weighted by Crippen LogP contribution is -2.04. The zero-order valence-electron chi connectivity index (χ0n) is 2.77. The van der Waals surface area contributed by atoms with Crippen LogP contribution in [0.15, 0.2) is 12.7 Å². The van der Waals surface area contributed by atoms with E-state index in [1.54, 1.807) is 0 Å². The molecule has 0 spiro atoms. The minimum atomic E-state index is -0.481. The van der Waals surface area contributed by atoms with Crippen LogP contribution >= 0.6 is 0 Å². The largest absolute Gasteiger partial charge is 0.366 e. The molecule has 0 atom stereocenters. The summed E-state index contributed by atoms with van der Waals surface area (Å²) in [5, 5.41) is 0. The molecule has 0 saturated heterocycles. The van der Waals surface area contributed by atoms with Crippen molar-refractivity contribution in [3.63, 3.8) is 0 Å². The minimum Gasteiger partial charge on any atom is -0.366 e. The zero-order valence-corrected chi connectivity index (χ0v) is 2.77. The Kier molecular flexibility index (Phi) is 7.76. The van der Waals surface area contributed by atoms with Gasteiger partial charge in [-0.3, -0.25) is 4.79 Å². The molecule has 0 rings (SSSR count). The summed E-state index contributed by atoms with van der Waals surface area (Å²) >= 11 is 0. The van der Waals surface area contributed by atoms with E-state index in [0.717, 1.165) is 6.08 Å². The maximum atomic E-state index is 9.47. The molecule has 3 heteroatoms. The fraction of sp³-hybridized carbons (Fsp3) is 0. The van der Waals surface area contributed by atoms with Gasteiger partial charge in [-0.25, -0.2) is 0 Å². The van der Waals surface area contributed by atoms with Crippen LogP contribution in [0.2, 0.25) is 0 Å².